The molecule has 0 aromatic carbocycles. The minimum absolute atomic E-state index is 0.0265. The Bertz CT molecular complexity index is 477. The van der Waals surface area contributed by atoms with Gasteiger partial charge in [-0.1, -0.05) is 26.7 Å². The van der Waals surface area contributed by atoms with Crippen molar-refractivity contribution in [1.29, 1.82) is 0 Å². The van der Waals surface area contributed by atoms with E-state index >= 15 is 0 Å². The van der Waals surface area contributed by atoms with Crippen molar-refractivity contribution in [2.45, 2.75) is 64.5 Å². The van der Waals surface area contributed by atoms with Crippen LogP contribution in [0.4, 0.5) is 0 Å². The van der Waals surface area contributed by atoms with E-state index in [1.807, 2.05) is 13.8 Å². The Morgan fingerprint density at radius 2 is 2.00 bits per heavy atom. The van der Waals surface area contributed by atoms with Crippen molar-refractivity contribution >= 4 is 11.6 Å². The van der Waals surface area contributed by atoms with E-state index in [1.54, 1.807) is 0 Å². The first-order chi connectivity index (χ1) is 8.96. The molecule has 0 spiro atoms. The van der Waals surface area contributed by atoms with E-state index in [1.165, 1.54) is 12.8 Å². The van der Waals surface area contributed by atoms with Crippen molar-refractivity contribution in [3.05, 3.63) is 11.3 Å². The normalized spacial score (nSPS) is 33.8. The molecular weight excluding hydrogens is 240 g/mol. The van der Waals surface area contributed by atoms with Gasteiger partial charge in [0.15, 0.2) is 5.78 Å². The number of nitrogens with one attached hydrogen (secondary N) is 1. The van der Waals surface area contributed by atoms with Crippen molar-refractivity contribution in [1.82, 2.24) is 5.32 Å². The van der Waals surface area contributed by atoms with Crippen LogP contribution in [0.15, 0.2) is 16.3 Å². The number of aliphatic hydroxyl groups excluding tert-OH is 1. The van der Waals surface area contributed by atoms with E-state index in [0.717, 1.165) is 12.8 Å². The van der Waals surface area contributed by atoms with Crippen molar-refractivity contribution in [3.63, 3.8) is 0 Å². The maximum Gasteiger partial charge on any atom is 0.170 e. The van der Waals surface area contributed by atoms with Crippen LogP contribution in [-0.4, -0.2) is 28.8 Å². The number of rotatable bonds is 1. The molecule has 1 fully saturated rings. The van der Waals surface area contributed by atoms with Gasteiger partial charge < -0.3 is 10.4 Å². The molecule has 1 aliphatic heterocycles. The van der Waals surface area contributed by atoms with E-state index in [4.69, 9.17) is 0 Å². The number of amidine groups is 1. The van der Waals surface area contributed by atoms with Gasteiger partial charge >= 0.3 is 0 Å². The molecular formula is C15H22N2O2. The van der Waals surface area contributed by atoms with E-state index in [9.17, 15) is 9.90 Å². The standard InChI is InChI=1S/C15H22N2O2/c1-15(2)7-11(18)13(12(19)8-15)14-16-9-5-3-4-6-10(9)17-14/h9-10,18H,3-8H2,1-2H3,(H,16,17)/t9-,10+. The molecule has 0 unspecified atom stereocenters. The molecule has 2 atom stereocenters. The highest BCUT2D eigenvalue weighted by atomic mass is 16.3. The zero-order valence-corrected chi connectivity index (χ0v) is 11.7. The topological polar surface area (TPSA) is 61.7 Å². The van der Waals surface area contributed by atoms with Crippen LogP contribution in [0.3, 0.4) is 0 Å². The van der Waals surface area contributed by atoms with Gasteiger partial charge in [0, 0.05) is 18.9 Å². The molecule has 3 rings (SSSR count). The first-order valence-electron chi connectivity index (χ1n) is 7.26. The number of aliphatic imine (C=N–C) groups is 1. The van der Waals surface area contributed by atoms with E-state index in [-0.39, 0.29) is 17.0 Å². The summed E-state index contributed by atoms with van der Waals surface area (Å²) in [4.78, 5) is 16.9. The molecule has 2 aliphatic carbocycles. The second-order valence-electron chi connectivity index (χ2n) is 6.84. The summed E-state index contributed by atoms with van der Waals surface area (Å²) in [6, 6.07) is 0.665. The highest BCUT2D eigenvalue weighted by Crippen LogP contribution is 2.37. The highest BCUT2D eigenvalue weighted by Gasteiger charge is 2.39. The number of carbonyl (C=O) groups is 1. The van der Waals surface area contributed by atoms with Crippen LogP contribution >= 0.6 is 0 Å². The largest absolute Gasteiger partial charge is 0.511 e. The average Bonchev–Trinajstić information content (AvgIpc) is 2.68. The van der Waals surface area contributed by atoms with Crippen LogP contribution in [-0.2, 0) is 4.79 Å². The molecule has 19 heavy (non-hydrogen) atoms. The molecule has 0 radical (unpaired) electrons. The summed E-state index contributed by atoms with van der Waals surface area (Å²) in [5.74, 6) is 0.889. The number of hydrogen-bond acceptors (Lipinski definition) is 4. The van der Waals surface area contributed by atoms with Gasteiger partial charge in [0.2, 0.25) is 0 Å². The third-order valence-electron chi connectivity index (χ3n) is 4.44. The Balaban J connectivity index is 1.88. The monoisotopic (exact) mass is 262 g/mol. The van der Waals surface area contributed by atoms with Gasteiger partial charge in [0.05, 0.1) is 11.6 Å². The minimum atomic E-state index is -0.142. The van der Waals surface area contributed by atoms with Crippen molar-refractivity contribution in [3.8, 4) is 0 Å². The average molecular weight is 262 g/mol. The zero-order chi connectivity index (χ0) is 13.6. The Hall–Kier alpha value is -1.32. The molecule has 0 amide bonds. The Labute approximate surface area is 114 Å². The molecule has 0 aromatic rings. The van der Waals surface area contributed by atoms with Gasteiger partial charge in [-0.25, -0.2) is 0 Å². The third-order valence-corrected chi connectivity index (χ3v) is 4.44. The second kappa shape index (κ2) is 4.36. The SMILES string of the molecule is CC1(C)CC(=O)C(C2=N[C@H]3CCCC[C@H]3N2)=C(O)C1. The number of aliphatic hydroxyl groups is 1. The lowest BCUT2D eigenvalue weighted by atomic mass is 9.76. The van der Waals surface area contributed by atoms with Gasteiger partial charge in [-0.2, -0.15) is 0 Å². The number of ketones is 1. The number of hydrogen-bond donors (Lipinski definition) is 2. The molecule has 4 heteroatoms. The fourth-order valence-corrected chi connectivity index (χ4v) is 3.51. The molecule has 1 heterocycles. The molecule has 3 aliphatic rings. The number of nitrogens with zero attached hydrogens (tertiary/aromatic N) is 1. The molecule has 4 nitrogen and oxygen atoms in total. The van der Waals surface area contributed by atoms with Crippen molar-refractivity contribution in [2.75, 3.05) is 0 Å². The quantitative estimate of drug-likeness (QED) is 0.763. The fourth-order valence-electron chi connectivity index (χ4n) is 3.51. The molecule has 0 aromatic heterocycles. The summed E-state index contributed by atoms with van der Waals surface area (Å²) in [5.41, 5.74) is 0.310. The Morgan fingerprint density at radius 3 is 2.68 bits per heavy atom. The number of fused-ring (bicyclic) bond motifs is 1. The van der Waals surface area contributed by atoms with Crippen molar-refractivity contribution < 1.29 is 9.90 Å². The molecule has 0 saturated heterocycles. The maximum absolute atomic E-state index is 12.3. The van der Waals surface area contributed by atoms with Gasteiger partial charge in [-0.05, 0) is 18.3 Å². The van der Waals surface area contributed by atoms with E-state index in [0.29, 0.717) is 36.3 Å². The first kappa shape index (κ1) is 12.7. The summed E-state index contributed by atoms with van der Waals surface area (Å²) in [6.45, 7) is 4.03. The van der Waals surface area contributed by atoms with Gasteiger partial charge in [-0.15, -0.1) is 0 Å². The Morgan fingerprint density at radius 1 is 1.26 bits per heavy atom. The lowest BCUT2D eigenvalue weighted by Crippen LogP contribution is -2.39. The number of Topliss-reactive ketones (excluding diaryl/α,β-unsaturated/α-hetero) is 1. The fraction of sp³-hybridized carbons (Fsp3) is 0.733. The van der Waals surface area contributed by atoms with Crippen LogP contribution in [0.2, 0.25) is 0 Å². The predicted octanol–water partition coefficient (Wildman–Crippen LogP) is 2.50. The van der Waals surface area contributed by atoms with E-state index in [2.05, 4.69) is 10.3 Å². The smallest absolute Gasteiger partial charge is 0.170 e. The molecule has 0 bridgehead atoms. The summed E-state index contributed by atoms with van der Waals surface area (Å²) < 4.78 is 0. The summed E-state index contributed by atoms with van der Waals surface area (Å²) >= 11 is 0. The lowest BCUT2D eigenvalue weighted by Gasteiger charge is -2.29. The zero-order valence-electron chi connectivity index (χ0n) is 11.7. The Kier molecular flexibility index (Phi) is 2.91. The predicted molar refractivity (Wildman–Crippen MR) is 74.3 cm³/mol. The number of carbonyl (C=O) groups excluding carboxylic acids is 1. The molecule has 104 valence electrons. The minimum Gasteiger partial charge on any atom is -0.511 e. The third kappa shape index (κ3) is 2.28. The maximum atomic E-state index is 12.3. The van der Waals surface area contributed by atoms with Gasteiger partial charge in [-0.3, -0.25) is 9.79 Å². The second-order valence-corrected chi connectivity index (χ2v) is 6.84. The van der Waals surface area contributed by atoms with Crippen LogP contribution in [0.5, 0.6) is 0 Å². The van der Waals surface area contributed by atoms with Crippen LogP contribution in [0.25, 0.3) is 0 Å². The molecule has 1 saturated carbocycles. The van der Waals surface area contributed by atoms with Crippen LogP contribution < -0.4 is 5.32 Å². The van der Waals surface area contributed by atoms with E-state index < -0.39 is 0 Å². The summed E-state index contributed by atoms with van der Waals surface area (Å²) in [6.07, 6.45) is 5.70. The molecule has 2 N–H and O–H groups in total. The number of allylic oxidation sites excluding steroid dienone is 1. The first-order valence-corrected chi connectivity index (χ1v) is 7.26. The van der Waals surface area contributed by atoms with Crippen molar-refractivity contribution in [2.24, 2.45) is 10.4 Å². The van der Waals surface area contributed by atoms with Crippen LogP contribution in [0, 0.1) is 5.41 Å². The van der Waals surface area contributed by atoms with Gasteiger partial charge in [0.1, 0.15) is 11.6 Å². The van der Waals surface area contributed by atoms with Gasteiger partial charge in [0.25, 0.3) is 0 Å². The lowest BCUT2D eigenvalue weighted by molar-refractivity contribution is -0.117. The summed E-state index contributed by atoms with van der Waals surface area (Å²) in [5, 5.41) is 13.6. The highest BCUT2D eigenvalue weighted by molar-refractivity contribution is 6.23. The van der Waals surface area contributed by atoms with Crippen LogP contribution in [0.1, 0.15) is 52.4 Å². The summed E-state index contributed by atoms with van der Waals surface area (Å²) in [7, 11) is 0.